The molecular weight excluding hydrogens is 414 g/mol. The van der Waals surface area contributed by atoms with E-state index in [9.17, 15) is 0 Å². The molecule has 6 rings (SSSR count). The molecule has 4 aromatic carbocycles. The first kappa shape index (κ1) is 20.9. The van der Waals surface area contributed by atoms with E-state index < -0.39 is 0 Å². The summed E-state index contributed by atoms with van der Waals surface area (Å²) in [4.78, 5) is 10.2. The van der Waals surface area contributed by atoms with E-state index >= 15 is 0 Å². The Balaban J connectivity index is 1.87. The lowest BCUT2D eigenvalue weighted by Gasteiger charge is -2.19. The minimum atomic E-state index is 0.409. The van der Waals surface area contributed by atoms with E-state index in [2.05, 4.69) is 106 Å². The summed E-state index contributed by atoms with van der Waals surface area (Å²) in [5, 5.41) is 5.96. The highest BCUT2D eigenvalue weighted by Crippen LogP contribution is 2.42. The molecule has 0 amide bonds. The zero-order valence-electron chi connectivity index (χ0n) is 20.4. The molecule has 0 aliphatic carbocycles. The number of imidazole rings is 1. The van der Waals surface area contributed by atoms with Gasteiger partial charge in [-0.15, -0.1) is 0 Å². The Morgan fingerprint density at radius 3 is 1.97 bits per heavy atom. The second kappa shape index (κ2) is 7.66. The summed E-state index contributed by atoms with van der Waals surface area (Å²) in [6.07, 6.45) is 2.04. The molecule has 0 fully saturated rings. The van der Waals surface area contributed by atoms with Crippen LogP contribution < -0.4 is 0 Å². The monoisotopic (exact) mass is 443 g/mol. The van der Waals surface area contributed by atoms with Crippen molar-refractivity contribution in [2.75, 3.05) is 0 Å². The van der Waals surface area contributed by atoms with E-state index in [1.165, 1.54) is 49.1 Å². The van der Waals surface area contributed by atoms with Crippen LogP contribution in [0.2, 0.25) is 0 Å². The maximum Gasteiger partial charge on any atom is 0.141 e. The number of hydrogen-bond donors (Lipinski definition) is 0. The highest BCUT2D eigenvalue weighted by Gasteiger charge is 2.23. The number of fused-ring (bicyclic) bond motifs is 8. The van der Waals surface area contributed by atoms with E-state index in [0.717, 1.165) is 16.9 Å². The lowest BCUT2D eigenvalue weighted by atomic mass is 9.88. The fourth-order valence-electron chi connectivity index (χ4n) is 5.53. The molecule has 0 aliphatic rings. The topological polar surface area (TPSA) is 30.7 Å². The normalized spacial score (nSPS) is 12.2. The quantitative estimate of drug-likeness (QED) is 0.257. The molecule has 0 saturated heterocycles. The maximum atomic E-state index is 5.40. The highest BCUT2D eigenvalue weighted by atomic mass is 15.1. The lowest BCUT2D eigenvalue weighted by molar-refractivity contribution is 0.828. The summed E-state index contributed by atoms with van der Waals surface area (Å²) < 4.78 is 2.32. The van der Waals surface area contributed by atoms with Gasteiger partial charge >= 0.3 is 0 Å². The molecular formula is C31H29N3. The molecule has 0 N–H and O–H groups in total. The van der Waals surface area contributed by atoms with Gasteiger partial charge in [-0.05, 0) is 34.4 Å². The van der Waals surface area contributed by atoms with Gasteiger partial charge in [0.05, 0.1) is 16.6 Å². The predicted molar refractivity (Wildman–Crippen MR) is 145 cm³/mol. The summed E-state index contributed by atoms with van der Waals surface area (Å²) >= 11 is 0. The van der Waals surface area contributed by atoms with Crippen molar-refractivity contribution < 1.29 is 0 Å². The minimum Gasteiger partial charge on any atom is -0.327 e. The number of rotatable bonds is 3. The molecule has 0 aliphatic heterocycles. The van der Waals surface area contributed by atoms with Crippen LogP contribution in [0.4, 0.5) is 0 Å². The van der Waals surface area contributed by atoms with Crippen molar-refractivity contribution in [3.05, 3.63) is 84.1 Å². The molecule has 6 aromatic rings. The van der Waals surface area contributed by atoms with Crippen LogP contribution >= 0.6 is 0 Å². The fourth-order valence-corrected chi connectivity index (χ4v) is 5.53. The average Bonchev–Trinajstić information content (AvgIpc) is 3.20. The Morgan fingerprint density at radius 2 is 1.29 bits per heavy atom. The molecule has 0 spiro atoms. The SMILES string of the molecule is CC(C)c1cccc(C(C)C)c1-c1nc2c3ccccc3c3cnc4ccccc4c3c2n1C. The van der Waals surface area contributed by atoms with Crippen LogP contribution in [-0.2, 0) is 7.05 Å². The molecule has 0 atom stereocenters. The largest absolute Gasteiger partial charge is 0.327 e. The highest BCUT2D eigenvalue weighted by molar-refractivity contribution is 6.29. The Morgan fingerprint density at radius 1 is 0.676 bits per heavy atom. The maximum absolute atomic E-state index is 5.40. The molecule has 34 heavy (non-hydrogen) atoms. The summed E-state index contributed by atoms with van der Waals surface area (Å²) in [6, 6.07) is 23.8. The van der Waals surface area contributed by atoms with Gasteiger partial charge in [0.1, 0.15) is 5.82 Å². The van der Waals surface area contributed by atoms with Gasteiger partial charge in [-0.3, -0.25) is 4.98 Å². The van der Waals surface area contributed by atoms with Gasteiger partial charge < -0.3 is 4.57 Å². The summed E-state index contributed by atoms with van der Waals surface area (Å²) in [5.41, 5.74) is 7.23. The van der Waals surface area contributed by atoms with E-state index in [1.807, 2.05) is 6.20 Å². The van der Waals surface area contributed by atoms with Crippen molar-refractivity contribution in [2.24, 2.45) is 7.05 Å². The Hall–Kier alpha value is -3.72. The van der Waals surface area contributed by atoms with Crippen LogP contribution in [-0.4, -0.2) is 14.5 Å². The third-order valence-corrected chi connectivity index (χ3v) is 7.18. The summed E-state index contributed by atoms with van der Waals surface area (Å²) in [6.45, 7) is 9.09. The van der Waals surface area contributed by atoms with Crippen molar-refractivity contribution in [1.82, 2.24) is 14.5 Å². The second-order valence-corrected chi connectivity index (χ2v) is 9.92. The van der Waals surface area contributed by atoms with Crippen molar-refractivity contribution >= 4 is 43.5 Å². The molecule has 0 radical (unpaired) electrons. The number of aromatic nitrogens is 3. The van der Waals surface area contributed by atoms with Gasteiger partial charge in [0.15, 0.2) is 0 Å². The van der Waals surface area contributed by atoms with Gasteiger partial charge in [-0.25, -0.2) is 4.98 Å². The van der Waals surface area contributed by atoms with Crippen molar-refractivity contribution in [3.8, 4) is 11.4 Å². The molecule has 3 heteroatoms. The number of aryl methyl sites for hydroxylation is 1. The zero-order valence-corrected chi connectivity index (χ0v) is 20.4. The molecule has 0 saturated carbocycles. The molecule has 2 heterocycles. The van der Waals surface area contributed by atoms with Crippen LogP contribution in [0, 0.1) is 0 Å². The predicted octanol–water partition coefficient (Wildman–Crippen LogP) is 8.34. The number of para-hydroxylation sites is 1. The average molecular weight is 444 g/mol. The number of nitrogens with zero attached hydrogens (tertiary/aromatic N) is 3. The minimum absolute atomic E-state index is 0.409. The second-order valence-electron chi connectivity index (χ2n) is 9.92. The van der Waals surface area contributed by atoms with Crippen molar-refractivity contribution in [3.63, 3.8) is 0 Å². The van der Waals surface area contributed by atoms with Crippen molar-refractivity contribution in [1.29, 1.82) is 0 Å². The molecule has 0 bridgehead atoms. The Kier molecular flexibility index (Phi) is 4.70. The van der Waals surface area contributed by atoms with Gasteiger partial charge in [0.2, 0.25) is 0 Å². The third-order valence-electron chi connectivity index (χ3n) is 7.18. The van der Waals surface area contributed by atoms with Crippen LogP contribution in [0.3, 0.4) is 0 Å². The summed E-state index contributed by atoms with van der Waals surface area (Å²) in [5.74, 6) is 1.86. The molecule has 3 nitrogen and oxygen atoms in total. The zero-order chi connectivity index (χ0) is 23.6. The third kappa shape index (κ3) is 2.89. The lowest BCUT2D eigenvalue weighted by Crippen LogP contribution is -2.04. The van der Waals surface area contributed by atoms with Crippen LogP contribution in [0.5, 0.6) is 0 Å². The number of hydrogen-bond acceptors (Lipinski definition) is 2. The van der Waals surface area contributed by atoms with Crippen LogP contribution in [0.15, 0.2) is 72.9 Å². The standard InChI is InChI=1S/C31H29N3/c1-18(2)20-14-10-15-21(19(3)4)28(20)31-33-29-23-12-7-6-11-22(23)25-17-32-26-16-9-8-13-24(26)27(25)30(29)34(31)5/h6-19H,1-5H3. The number of benzene rings is 4. The van der Waals surface area contributed by atoms with E-state index in [1.54, 1.807) is 0 Å². The smallest absolute Gasteiger partial charge is 0.141 e. The van der Waals surface area contributed by atoms with E-state index in [4.69, 9.17) is 9.97 Å². The fraction of sp³-hybridized carbons (Fsp3) is 0.226. The van der Waals surface area contributed by atoms with Gasteiger partial charge in [0.25, 0.3) is 0 Å². The van der Waals surface area contributed by atoms with Gasteiger partial charge in [-0.2, -0.15) is 0 Å². The molecule has 2 aromatic heterocycles. The van der Waals surface area contributed by atoms with E-state index in [0.29, 0.717) is 11.8 Å². The summed E-state index contributed by atoms with van der Waals surface area (Å²) in [7, 11) is 2.18. The van der Waals surface area contributed by atoms with Crippen molar-refractivity contribution in [2.45, 2.75) is 39.5 Å². The van der Waals surface area contributed by atoms with Gasteiger partial charge in [0, 0.05) is 40.4 Å². The Labute approximate surface area is 200 Å². The Bertz CT molecular complexity index is 1690. The van der Waals surface area contributed by atoms with Crippen LogP contribution in [0.25, 0.3) is 54.9 Å². The van der Waals surface area contributed by atoms with Crippen LogP contribution in [0.1, 0.15) is 50.7 Å². The number of pyridine rings is 1. The first-order valence-corrected chi connectivity index (χ1v) is 12.1. The first-order valence-electron chi connectivity index (χ1n) is 12.1. The molecule has 0 unspecified atom stereocenters. The van der Waals surface area contributed by atoms with Gasteiger partial charge in [-0.1, -0.05) is 88.4 Å². The van der Waals surface area contributed by atoms with E-state index in [-0.39, 0.29) is 0 Å². The molecule has 168 valence electrons. The first-order chi connectivity index (χ1) is 16.5.